The van der Waals surface area contributed by atoms with Gasteiger partial charge in [-0.2, -0.15) is 0 Å². The molecule has 18 heavy (non-hydrogen) atoms. The Hall–Kier alpha value is -1.57. The molecule has 0 saturated heterocycles. The zero-order valence-electron chi connectivity index (χ0n) is 11.5. The lowest BCUT2D eigenvalue weighted by atomic mass is 9.96. The Morgan fingerprint density at radius 1 is 1.33 bits per heavy atom. The summed E-state index contributed by atoms with van der Waals surface area (Å²) >= 11 is 0. The van der Waals surface area contributed by atoms with E-state index < -0.39 is 5.60 Å². The highest BCUT2D eigenvalue weighted by Crippen LogP contribution is 2.18. The molecule has 0 N–H and O–H groups in total. The summed E-state index contributed by atoms with van der Waals surface area (Å²) in [5.74, 6) is -0.296. The molecule has 1 rings (SSSR count). The molecule has 98 valence electrons. The molecule has 0 bridgehead atoms. The Labute approximate surface area is 110 Å². The lowest BCUT2D eigenvalue weighted by Gasteiger charge is -2.23. The Morgan fingerprint density at radius 3 is 2.44 bits per heavy atom. The van der Waals surface area contributed by atoms with E-state index in [0.29, 0.717) is 12.8 Å². The van der Waals surface area contributed by atoms with Crippen molar-refractivity contribution >= 4 is 5.97 Å². The predicted molar refractivity (Wildman–Crippen MR) is 74.3 cm³/mol. The number of carbonyl (C=O) groups excluding carboxylic acids is 1. The van der Waals surface area contributed by atoms with Crippen molar-refractivity contribution in [2.45, 2.75) is 39.2 Å². The molecule has 0 aliphatic carbocycles. The summed E-state index contributed by atoms with van der Waals surface area (Å²) in [6.45, 7) is 9.38. The molecule has 0 aliphatic heterocycles. The molecule has 2 nitrogen and oxygen atoms in total. The first kappa shape index (κ1) is 14.5. The second kappa shape index (κ2) is 6.39. The third-order valence-corrected chi connectivity index (χ3v) is 2.52. The van der Waals surface area contributed by atoms with Crippen molar-refractivity contribution in [3.63, 3.8) is 0 Å². The van der Waals surface area contributed by atoms with Crippen molar-refractivity contribution in [1.29, 1.82) is 0 Å². The lowest BCUT2D eigenvalue weighted by Crippen LogP contribution is -2.29. The van der Waals surface area contributed by atoms with Crippen LogP contribution in [0.1, 0.15) is 32.8 Å². The summed E-state index contributed by atoms with van der Waals surface area (Å²) in [7, 11) is 0. The van der Waals surface area contributed by atoms with Gasteiger partial charge in [0.2, 0.25) is 0 Å². The van der Waals surface area contributed by atoms with Crippen LogP contribution in [-0.4, -0.2) is 11.6 Å². The van der Waals surface area contributed by atoms with Crippen molar-refractivity contribution in [1.82, 2.24) is 0 Å². The maximum atomic E-state index is 12.1. The number of hydrogen-bond donors (Lipinski definition) is 0. The number of carbonyl (C=O) groups is 1. The molecule has 0 fully saturated rings. The smallest absolute Gasteiger partial charge is 0.310 e. The summed E-state index contributed by atoms with van der Waals surface area (Å²) in [4.78, 5) is 12.1. The van der Waals surface area contributed by atoms with Gasteiger partial charge in [0.15, 0.2) is 0 Å². The van der Waals surface area contributed by atoms with E-state index in [1.165, 1.54) is 0 Å². The third-order valence-electron chi connectivity index (χ3n) is 2.52. The summed E-state index contributed by atoms with van der Waals surface area (Å²) in [6, 6.07) is 9.99. The molecule has 0 radical (unpaired) electrons. The van der Waals surface area contributed by atoms with E-state index in [1.807, 2.05) is 51.1 Å². The molecule has 0 saturated carbocycles. The number of benzene rings is 1. The minimum atomic E-state index is -0.437. The molecule has 2 heteroatoms. The van der Waals surface area contributed by atoms with Gasteiger partial charge in [-0.05, 0) is 39.2 Å². The van der Waals surface area contributed by atoms with Gasteiger partial charge in [0.05, 0.1) is 5.92 Å². The fraction of sp³-hybridized carbons (Fsp3) is 0.438. The monoisotopic (exact) mass is 246 g/mol. The normalized spacial score (nSPS) is 12.8. The van der Waals surface area contributed by atoms with Gasteiger partial charge in [-0.3, -0.25) is 4.79 Å². The van der Waals surface area contributed by atoms with Gasteiger partial charge in [0.1, 0.15) is 5.60 Å². The number of ether oxygens (including phenoxy) is 1. The van der Waals surface area contributed by atoms with Crippen LogP contribution in [0.25, 0.3) is 0 Å². The SMILES string of the molecule is C=CCC(Cc1ccccc1)C(=O)OC(C)(C)C. The largest absolute Gasteiger partial charge is 0.460 e. The van der Waals surface area contributed by atoms with E-state index >= 15 is 0 Å². The van der Waals surface area contributed by atoms with Crippen LogP contribution in [0.3, 0.4) is 0 Å². The van der Waals surface area contributed by atoms with Gasteiger partial charge in [0, 0.05) is 0 Å². The van der Waals surface area contributed by atoms with Crippen molar-refractivity contribution in [3.8, 4) is 0 Å². The van der Waals surface area contributed by atoms with Crippen LogP contribution in [-0.2, 0) is 16.0 Å². The van der Waals surface area contributed by atoms with Crippen LogP contribution in [0.4, 0.5) is 0 Å². The van der Waals surface area contributed by atoms with Crippen LogP contribution < -0.4 is 0 Å². The molecular formula is C16H22O2. The van der Waals surface area contributed by atoms with Gasteiger partial charge in [0.25, 0.3) is 0 Å². The molecule has 1 unspecified atom stereocenters. The van der Waals surface area contributed by atoms with Gasteiger partial charge in [-0.25, -0.2) is 0 Å². The highest BCUT2D eigenvalue weighted by Gasteiger charge is 2.24. The van der Waals surface area contributed by atoms with E-state index in [4.69, 9.17) is 4.74 Å². The quantitative estimate of drug-likeness (QED) is 0.584. The Balaban J connectivity index is 2.71. The first-order valence-electron chi connectivity index (χ1n) is 6.30. The molecular weight excluding hydrogens is 224 g/mol. The zero-order chi connectivity index (χ0) is 13.6. The van der Waals surface area contributed by atoms with Crippen molar-refractivity contribution in [2.75, 3.05) is 0 Å². The summed E-state index contributed by atoms with van der Waals surface area (Å²) in [6.07, 6.45) is 3.11. The first-order valence-corrected chi connectivity index (χ1v) is 6.30. The summed E-state index contributed by atoms with van der Waals surface area (Å²) in [5, 5.41) is 0. The van der Waals surface area contributed by atoms with E-state index in [2.05, 4.69) is 6.58 Å². The Kier molecular flexibility index (Phi) is 5.14. The van der Waals surface area contributed by atoms with Gasteiger partial charge >= 0.3 is 5.97 Å². The molecule has 1 aromatic carbocycles. The maximum Gasteiger partial charge on any atom is 0.310 e. The summed E-state index contributed by atoms with van der Waals surface area (Å²) in [5.41, 5.74) is 0.711. The molecule has 1 aromatic rings. The van der Waals surface area contributed by atoms with Crippen LogP contribution in [0, 0.1) is 5.92 Å². The minimum absolute atomic E-state index is 0.147. The number of hydrogen-bond acceptors (Lipinski definition) is 2. The average molecular weight is 246 g/mol. The fourth-order valence-electron chi connectivity index (χ4n) is 1.75. The van der Waals surface area contributed by atoms with Crippen molar-refractivity contribution in [2.24, 2.45) is 5.92 Å². The topological polar surface area (TPSA) is 26.3 Å². The van der Waals surface area contributed by atoms with Gasteiger partial charge < -0.3 is 4.74 Å². The molecule has 1 atom stereocenters. The summed E-state index contributed by atoms with van der Waals surface area (Å²) < 4.78 is 5.44. The van der Waals surface area contributed by atoms with Gasteiger partial charge in [-0.1, -0.05) is 36.4 Å². The molecule has 0 aromatic heterocycles. The third kappa shape index (κ3) is 5.17. The molecule has 0 heterocycles. The van der Waals surface area contributed by atoms with Crippen LogP contribution in [0.15, 0.2) is 43.0 Å². The van der Waals surface area contributed by atoms with Crippen LogP contribution in [0.2, 0.25) is 0 Å². The van der Waals surface area contributed by atoms with Crippen molar-refractivity contribution in [3.05, 3.63) is 48.6 Å². The number of esters is 1. The highest BCUT2D eigenvalue weighted by atomic mass is 16.6. The van der Waals surface area contributed by atoms with Crippen LogP contribution >= 0.6 is 0 Å². The highest BCUT2D eigenvalue weighted by molar-refractivity contribution is 5.73. The van der Waals surface area contributed by atoms with Crippen LogP contribution in [0.5, 0.6) is 0 Å². The molecule has 0 aliphatic rings. The van der Waals surface area contributed by atoms with E-state index in [1.54, 1.807) is 6.08 Å². The minimum Gasteiger partial charge on any atom is -0.460 e. The standard InChI is InChI=1S/C16H22O2/c1-5-9-14(15(17)18-16(2,3)4)12-13-10-7-6-8-11-13/h5-8,10-11,14H,1,9,12H2,2-4H3. The van der Waals surface area contributed by atoms with Crippen molar-refractivity contribution < 1.29 is 9.53 Å². The van der Waals surface area contributed by atoms with E-state index in [9.17, 15) is 4.79 Å². The second-order valence-corrected chi connectivity index (χ2v) is 5.44. The van der Waals surface area contributed by atoms with E-state index in [0.717, 1.165) is 5.56 Å². The zero-order valence-corrected chi connectivity index (χ0v) is 11.5. The Morgan fingerprint density at radius 2 is 1.94 bits per heavy atom. The van der Waals surface area contributed by atoms with Gasteiger partial charge in [-0.15, -0.1) is 6.58 Å². The maximum absolute atomic E-state index is 12.1. The predicted octanol–water partition coefficient (Wildman–Crippen LogP) is 3.76. The number of allylic oxidation sites excluding steroid dienone is 1. The molecule has 0 spiro atoms. The molecule has 0 amide bonds. The second-order valence-electron chi connectivity index (χ2n) is 5.44. The first-order chi connectivity index (χ1) is 8.42. The van der Waals surface area contributed by atoms with E-state index in [-0.39, 0.29) is 11.9 Å². The Bertz CT molecular complexity index is 387. The number of rotatable bonds is 5. The lowest BCUT2D eigenvalue weighted by molar-refractivity contribution is -0.159. The fourth-order valence-corrected chi connectivity index (χ4v) is 1.75. The average Bonchev–Trinajstić information content (AvgIpc) is 2.27.